The lowest BCUT2D eigenvalue weighted by Gasteiger charge is -2.12. The van der Waals surface area contributed by atoms with Gasteiger partial charge in [-0.05, 0) is 35.7 Å². The number of hydrogen-bond donors (Lipinski definition) is 0. The maximum atomic E-state index is 12.7. The number of rotatable bonds is 1. The third-order valence-electron chi connectivity index (χ3n) is 2.78. The predicted octanol–water partition coefficient (Wildman–Crippen LogP) is 2.97. The molecule has 2 nitrogen and oxygen atoms in total. The molecule has 1 aliphatic rings. The third-order valence-corrected chi connectivity index (χ3v) is 3.02. The van der Waals surface area contributed by atoms with Crippen molar-refractivity contribution in [2.75, 3.05) is 13.1 Å². The second-order valence-corrected chi connectivity index (χ2v) is 4.06. The fourth-order valence-electron chi connectivity index (χ4n) is 1.93. The van der Waals surface area contributed by atoms with Gasteiger partial charge < -0.3 is 4.90 Å². The lowest BCUT2D eigenvalue weighted by atomic mass is 9.99. The Balaban J connectivity index is 2.07. The molecule has 0 radical (unpaired) electrons. The summed E-state index contributed by atoms with van der Waals surface area (Å²) in [5.41, 5.74) is 1.07. The molecule has 1 amide bonds. The van der Waals surface area contributed by atoms with Gasteiger partial charge in [-0.25, -0.2) is 4.39 Å². The summed E-state index contributed by atoms with van der Waals surface area (Å²) in [4.78, 5) is 12.5. The van der Waals surface area contributed by atoms with Crippen LogP contribution in [-0.4, -0.2) is 23.4 Å². The van der Waals surface area contributed by atoms with Crippen molar-refractivity contribution in [3.05, 3.63) is 35.6 Å². The Hall–Kier alpha value is -1.09. The maximum absolute atomic E-state index is 12.7. The summed E-state index contributed by atoms with van der Waals surface area (Å²) in [6.07, 6.45) is 0.893. The van der Waals surface area contributed by atoms with Crippen LogP contribution in [0.3, 0.4) is 0 Å². The van der Waals surface area contributed by atoms with Crippen molar-refractivity contribution in [1.29, 1.82) is 0 Å². The van der Waals surface area contributed by atoms with Crippen molar-refractivity contribution >= 4 is 17.0 Å². The highest BCUT2D eigenvalue weighted by atomic mass is 35.5. The van der Waals surface area contributed by atoms with Crippen LogP contribution < -0.4 is 0 Å². The minimum atomic E-state index is -0.403. The second-order valence-electron chi connectivity index (χ2n) is 3.74. The Bertz CT molecular complexity index is 365. The normalized spacial score (nSPS) is 20.7. The zero-order chi connectivity index (χ0) is 10.8. The monoisotopic (exact) mass is 227 g/mol. The van der Waals surface area contributed by atoms with E-state index in [1.54, 1.807) is 17.0 Å². The van der Waals surface area contributed by atoms with Gasteiger partial charge in [0.2, 0.25) is 0 Å². The summed E-state index contributed by atoms with van der Waals surface area (Å²) in [6, 6.07) is 6.42. The molecule has 1 heterocycles. The van der Waals surface area contributed by atoms with Gasteiger partial charge in [0.15, 0.2) is 0 Å². The molecule has 1 aliphatic heterocycles. The van der Waals surface area contributed by atoms with Gasteiger partial charge in [0.25, 0.3) is 0 Å². The summed E-state index contributed by atoms with van der Waals surface area (Å²) in [5, 5.41) is -0.403. The molecule has 1 aromatic rings. The molecule has 1 unspecified atom stereocenters. The van der Waals surface area contributed by atoms with Gasteiger partial charge in [-0.1, -0.05) is 12.1 Å². The topological polar surface area (TPSA) is 20.3 Å². The van der Waals surface area contributed by atoms with E-state index in [0.29, 0.717) is 13.1 Å². The second kappa shape index (κ2) is 4.19. The third kappa shape index (κ3) is 2.29. The number of hydrogen-bond acceptors (Lipinski definition) is 1. The smallest absolute Gasteiger partial charge is 0.316 e. The Morgan fingerprint density at radius 3 is 2.60 bits per heavy atom. The number of likely N-dealkylation sites (tertiary alicyclic amines) is 1. The van der Waals surface area contributed by atoms with Gasteiger partial charge in [-0.2, -0.15) is 0 Å². The van der Waals surface area contributed by atoms with E-state index in [-0.39, 0.29) is 11.7 Å². The molecule has 0 aromatic heterocycles. The first-order chi connectivity index (χ1) is 7.16. The van der Waals surface area contributed by atoms with Gasteiger partial charge in [0.1, 0.15) is 5.82 Å². The fourth-order valence-corrected chi connectivity index (χ4v) is 2.08. The van der Waals surface area contributed by atoms with Crippen molar-refractivity contribution in [3.63, 3.8) is 0 Å². The van der Waals surface area contributed by atoms with E-state index in [9.17, 15) is 9.18 Å². The molecule has 80 valence electrons. The van der Waals surface area contributed by atoms with Crippen molar-refractivity contribution in [1.82, 2.24) is 4.90 Å². The average molecular weight is 228 g/mol. The number of nitrogens with zero attached hydrogens (tertiary/aromatic N) is 1. The minimum Gasteiger partial charge on any atom is -0.329 e. The van der Waals surface area contributed by atoms with E-state index in [2.05, 4.69) is 0 Å². The van der Waals surface area contributed by atoms with Crippen LogP contribution in [0.1, 0.15) is 17.9 Å². The first-order valence-electron chi connectivity index (χ1n) is 4.86. The quantitative estimate of drug-likeness (QED) is 0.534. The lowest BCUT2D eigenvalue weighted by Crippen LogP contribution is -2.22. The van der Waals surface area contributed by atoms with Gasteiger partial charge in [0.05, 0.1) is 0 Å². The Kier molecular flexibility index (Phi) is 2.91. The minimum absolute atomic E-state index is 0.234. The van der Waals surface area contributed by atoms with Gasteiger partial charge in [-0.15, -0.1) is 0 Å². The Labute approximate surface area is 92.6 Å². The van der Waals surface area contributed by atoms with Gasteiger partial charge >= 0.3 is 5.37 Å². The summed E-state index contributed by atoms with van der Waals surface area (Å²) in [5.74, 6) is 0.0512. The Morgan fingerprint density at radius 1 is 1.40 bits per heavy atom. The zero-order valence-electron chi connectivity index (χ0n) is 8.12. The molecule has 15 heavy (non-hydrogen) atoms. The van der Waals surface area contributed by atoms with Crippen LogP contribution in [0.2, 0.25) is 0 Å². The van der Waals surface area contributed by atoms with Crippen LogP contribution in [-0.2, 0) is 0 Å². The number of halogens is 2. The molecular weight excluding hydrogens is 217 g/mol. The number of benzene rings is 1. The van der Waals surface area contributed by atoms with Gasteiger partial charge in [-0.3, -0.25) is 4.79 Å². The standard InChI is InChI=1S/C11H11ClFNO/c12-11(15)14-6-5-9(7-14)8-1-3-10(13)4-2-8/h1-4,9H,5-7H2. The van der Waals surface area contributed by atoms with Crippen LogP contribution >= 0.6 is 11.6 Å². The van der Waals surface area contributed by atoms with E-state index < -0.39 is 5.37 Å². The van der Waals surface area contributed by atoms with E-state index in [1.165, 1.54) is 12.1 Å². The molecule has 0 spiro atoms. The van der Waals surface area contributed by atoms with Crippen molar-refractivity contribution < 1.29 is 9.18 Å². The summed E-state index contributed by atoms with van der Waals surface area (Å²) in [7, 11) is 0. The highest BCUT2D eigenvalue weighted by Crippen LogP contribution is 2.27. The van der Waals surface area contributed by atoms with Crippen LogP contribution in [0, 0.1) is 5.82 Å². The van der Waals surface area contributed by atoms with E-state index >= 15 is 0 Å². The zero-order valence-corrected chi connectivity index (χ0v) is 8.88. The largest absolute Gasteiger partial charge is 0.329 e. The summed E-state index contributed by atoms with van der Waals surface area (Å²) in [6.45, 7) is 1.32. The van der Waals surface area contributed by atoms with E-state index in [1.807, 2.05) is 0 Å². The highest BCUT2D eigenvalue weighted by Gasteiger charge is 2.26. The fraction of sp³-hybridized carbons (Fsp3) is 0.364. The molecule has 0 bridgehead atoms. The molecule has 1 fully saturated rings. The number of amides is 1. The molecule has 0 N–H and O–H groups in total. The molecule has 0 saturated carbocycles. The van der Waals surface area contributed by atoms with Crippen molar-refractivity contribution in [2.24, 2.45) is 0 Å². The molecule has 1 atom stereocenters. The SMILES string of the molecule is O=C(Cl)N1CCC(c2ccc(F)cc2)C1. The summed E-state index contributed by atoms with van der Waals surface area (Å²) < 4.78 is 12.7. The van der Waals surface area contributed by atoms with E-state index in [4.69, 9.17) is 11.6 Å². The van der Waals surface area contributed by atoms with E-state index in [0.717, 1.165) is 12.0 Å². The number of carbonyl (C=O) groups is 1. The molecule has 0 aliphatic carbocycles. The summed E-state index contributed by atoms with van der Waals surface area (Å²) >= 11 is 5.39. The highest BCUT2D eigenvalue weighted by molar-refractivity contribution is 6.62. The van der Waals surface area contributed by atoms with Crippen LogP contribution in [0.5, 0.6) is 0 Å². The first-order valence-corrected chi connectivity index (χ1v) is 5.24. The van der Waals surface area contributed by atoms with Crippen LogP contribution in [0.15, 0.2) is 24.3 Å². The van der Waals surface area contributed by atoms with Gasteiger partial charge in [0, 0.05) is 19.0 Å². The molecule has 1 aromatic carbocycles. The van der Waals surface area contributed by atoms with Crippen molar-refractivity contribution in [2.45, 2.75) is 12.3 Å². The molecule has 1 saturated heterocycles. The van der Waals surface area contributed by atoms with Crippen LogP contribution in [0.4, 0.5) is 9.18 Å². The average Bonchev–Trinajstić information content (AvgIpc) is 2.68. The predicted molar refractivity (Wildman–Crippen MR) is 56.6 cm³/mol. The van der Waals surface area contributed by atoms with Crippen LogP contribution in [0.25, 0.3) is 0 Å². The lowest BCUT2D eigenvalue weighted by molar-refractivity contribution is 0.232. The number of carbonyl (C=O) groups excluding carboxylic acids is 1. The Morgan fingerprint density at radius 2 is 2.07 bits per heavy atom. The molecule has 4 heteroatoms. The molecular formula is C11H11ClFNO. The maximum Gasteiger partial charge on any atom is 0.316 e. The van der Waals surface area contributed by atoms with Crippen molar-refractivity contribution in [3.8, 4) is 0 Å². The molecule has 2 rings (SSSR count). The first kappa shape index (κ1) is 10.4.